The van der Waals surface area contributed by atoms with Crippen LogP contribution in [0.1, 0.15) is 59.8 Å². The predicted molar refractivity (Wildman–Crippen MR) is 97.6 cm³/mol. The highest BCUT2D eigenvalue weighted by molar-refractivity contribution is 6.48. The first-order valence-electron chi connectivity index (χ1n) is 9.26. The molecule has 136 valence electrons. The van der Waals surface area contributed by atoms with E-state index in [1.807, 2.05) is 0 Å². The maximum Gasteiger partial charge on any atom is 0.232 e. The minimum atomic E-state index is -0.626. The summed E-state index contributed by atoms with van der Waals surface area (Å²) in [6.45, 7) is 9.07. The first-order chi connectivity index (χ1) is 11.6. The molecule has 1 fully saturated rings. The Bertz CT molecular complexity index is 729. The van der Waals surface area contributed by atoms with Gasteiger partial charge in [-0.2, -0.15) is 0 Å². The molecular weight excluding hydrogens is 314 g/mol. The Hall–Kier alpha value is -1.84. The number of carbonyl (C=O) groups excluding carboxylic acids is 2. The van der Waals surface area contributed by atoms with Gasteiger partial charge in [-0.05, 0) is 61.7 Å². The molecule has 0 aliphatic heterocycles. The van der Waals surface area contributed by atoms with Crippen LogP contribution >= 0.6 is 0 Å². The number of fused-ring (bicyclic) bond motifs is 1. The number of rotatable bonds is 2. The lowest BCUT2D eigenvalue weighted by atomic mass is 9.49. The second kappa shape index (κ2) is 5.86. The molecule has 0 amide bonds. The highest BCUT2D eigenvalue weighted by atomic mass is 16.3. The molecule has 1 saturated carbocycles. The summed E-state index contributed by atoms with van der Waals surface area (Å²) >= 11 is 0. The second-order valence-corrected chi connectivity index (χ2v) is 8.73. The molecule has 4 nitrogen and oxygen atoms in total. The molecule has 3 rings (SSSR count). The molecule has 4 heteroatoms. The highest BCUT2D eigenvalue weighted by Gasteiger charge is 2.51. The standard InChI is InChI=1S/C21H29NO3/c1-12-6-5-7-15-13(2)20(3,8-9-21(12,15)4)11-14-18(24)16(22)10-17(23)19(14)25/h6,10,13,15,24H,5,7-9,11,22H2,1-4H3. The Morgan fingerprint density at radius 3 is 2.64 bits per heavy atom. The van der Waals surface area contributed by atoms with Gasteiger partial charge in [-0.25, -0.2) is 0 Å². The Morgan fingerprint density at radius 1 is 1.28 bits per heavy atom. The van der Waals surface area contributed by atoms with Crippen LogP contribution in [0.15, 0.2) is 34.8 Å². The molecule has 0 saturated heterocycles. The number of hydrogen-bond acceptors (Lipinski definition) is 4. The van der Waals surface area contributed by atoms with Crippen LogP contribution in [0.4, 0.5) is 0 Å². The fourth-order valence-corrected chi connectivity index (χ4v) is 5.29. The quantitative estimate of drug-likeness (QED) is 0.451. The van der Waals surface area contributed by atoms with Crippen LogP contribution in [-0.2, 0) is 9.59 Å². The van der Waals surface area contributed by atoms with Crippen molar-refractivity contribution < 1.29 is 14.7 Å². The minimum absolute atomic E-state index is 0.00736. The van der Waals surface area contributed by atoms with Crippen LogP contribution in [0.3, 0.4) is 0 Å². The number of aliphatic hydroxyl groups excluding tert-OH is 1. The number of allylic oxidation sites excluding steroid dienone is 4. The van der Waals surface area contributed by atoms with Crippen LogP contribution in [0, 0.1) is 22.7 Å². The van der Waals surface area contributed by atoms with Crippen molar-refractivity contribution in [1.82, 2.24) is 0 Å². The number of aliphatic hydroxyl groups is 1. The van der Waals surface area contributed by atoms with E-state index in [-0.39, 0.29) is 27.9 Å². The zero-order chi connectivity index (χ0) is 18.6. The van der Waals surface area contributed by atoms with Crippen molar-refractivity contribution in [2.45, 2.75) is 59.8 Å². The Kier molecular flexibility index (Phi) is 4.21. The average Bonchev–Trinajstić information content (AvgIpc) is 2.56. The molecular formula is C21H29NO3. The lowest BCUT2D eigenvalue weighted by Gasteiger charge is -2.56. The molecule has 0 aromatic carbocycles. The number of carbonyl (C=O) groups is 2. The predicted octanol–water partition coefficient (Wildman–Crippen LogP) is 3.98. The third kappa shape index (κ3) is 2.66. The summed E-state index contributed by atoms with van der Waals surface area (Å²) in [6.07, 6.45) is 8.11. The van der Waals surface area contributed by atoms with Crippen molar-refractivity contribution in [3.05, 3.63) is 34.8 Å². The van der Waals surface area contributed by atoms with Crippen LogP contribution in [0.5, 0.6) is 0 Å². The molecule has 3 aliphatic carbocycles. The van der Waals surface area contributed by atoms with E-state index in [4.69, 9.17) is 5.73 Å². The van der Waals surface area contributed by atoms with Crippen molar-refractivity contribution in [3.63, 3.8) is 0 Å². The first-order valence-corrected chi connectivity index (χ1v) is 9.26. The molecule has 0 aromatic heterocycles. The van der Waals surface area contributed by atoms with Gasteiger partial charge in [0.15, 0.2) is 0 Å². The number of hydrogen-bond donors (Lipinski definition) is 2. The Balaban J connectivity index is 1.92. The van der Waals surface area contributed by atoms with Crippen molar-refractivity contribution in [3.8, 4) is 0 Å². The fourth-order valence-electron chi connectivity index (χ4n) is 5.29. The monoisotopic (exact) mass is 343 g/mol. The molecule has 4 atom stereocenters. The van der Waals surface area contributed by atoms with E-state index in [0.29, 0.717) is 18.3 Å². The normalized spacial score (nSPS) is 39.0. The molecule has 3 aliphatic rings. The molecule has 0 heterocycles. The SMILES string of the molecule is CC1=CCCC2C(C)C(C)(CC3=C(O)C(N)=CC(=O)C3=O)CCC12C. The van der Waals surface area contributed by atoms with Gasteiger partial charge in [0.25, 0.3) is 0 Å². The van der Waals surface area contributed by atoms with E-state index < -0.39 is 11.6 Å². The molecule has 0 spiro atoms. The molecule has 3 N–H and O–H groups in total. The summed E-state index contributed by atoms with van der Waals surface area (Å²) in [7, 11) is 0. The average molecular weight is 343 g/mol. The zero-order valence-corrected chi connectivity index (χ0v) is 15.7. The van der Waals surface area contributed by atoms with E-state index >= 15 is 0 Å². The largest absolute Gasteiger partial charge is 0.505 e. The van der Waals surface area contributed by atoms with Crippen molar-refractivity contribution >= 4 is 11.6 Å². The molecule has 0 aromatic rings. The van der Waals surface area contributed by atoms with Gasteiger partial charge in [0, 0.05) is 11.6 Å². The number of ketones is 2. The second-order valence-electron chi connectivity index (χ2n) is 8.73. The zero-order valence-electron chi connectivity index (χ0n) is 15.7. The summed E-state index contributed by atoms with van der Waals surface area (Å²) in [6, 6.07) is 0. The number of nitrogens with two attached hydrogens (primary N) is 1. The van der Waals surface area contributed by atoms with Gasteiger partial charge in [-0.3, -0.25) is 9.59 Å². The summed E-state index contributed by atoms with van der Waals surface area (Å²) in [5, 5.41) is 10.3. The van der Waals surface area contributed by atoms with Crippen molar-refractivity contribution in [1.29, 1.82) is 0 Å². The molecule has 4 unspecified atom stereocenters. The Morgan fingerprint density at radius 2 is 1.96 bits per heavy atom. The molecule has 0 radical (unpaired) electrons. The lowest BCUT2D eigenvalue weighted by molar-refractivity contribution is -0.132. The van der Waals surface area contributed by atoms with Gasteiger partial charge >= 0.3 is 0 Å². The summed E-state index contributed by atoms with van der Waals surface area (Å²) < 4.78 is 0. The molecule has 0 bridgehead atoms. The topological polar surface area (TPSA) is 80.4 Å². The van der Waals surface area contributed by atoms with Crippen molar-refractivity contribution in [2.24, 2.45) is 28.4 Å². The van der Waals surface area contributed by atoms with E-state index in [1.54, 1.807) is 0 Å². The summed E-state index contributed by atoms with van der Waals surface area (Å²) in [4.78, 5) is 24.2. The maximum absolute atomic E-state index is 12.3. The first kappa shape index (κ1) is 18.0. The van der Waals surface area contributed by atoms with Gasteiger partial charge in [0.1, 0.15) is 5.76 Å². The van der Waals surface area contributed by atoms with E-state index in [9.17, 15) is 14.7 Å². The smallest absolute Gasteiger partial charge is 0.232 e. The van der Waals surface area contributed by atoms with Gasteiger partial charge in [0.05, 0.1) is 5.70 Å². The summed E-state index contributed by atoms with van der Waals surface area (Å²) in [5.74, 6) is -0.482. The molecule has 25 heavy (non-hydrogen) atoms. The van der Waals surface area contributed by atoms with E-state index in [0.717, 1.165) is 31.8 Å². The highest BCUT2D eigenvalue weighted by Crippen LogP contribution is 2.60. The van der Waals surface area contributed by atoms with E-state index in [2.05, 4.69) is 33.8 Å². The van der Waals surface area contributed by atoms with Gasteiger partial charge in [-0.15, -0.1) is 0 Å². The van der Waals surface area contributed by atoms with Crippen LogP contribution in [0.2, 0.25) is 0 Å². The fraction of sp³-hybridized carbons (Fsp3) is 0.619. The van der Waals surface area contributed by atoms with Crippen molar-refractivity contribution in [2.75, 3.05) is 0 Å². The third-order valence-electron chi connectivity index (χ3n) is 7.49. The van der Waals surface area contributed by atoms with E-state index in [1.165, 1.54) is 5.57 Å². The van der Waals surface area contributed by atoms with Gasteiger partial charge < -0.3 is 10.8 Å². The minimum Gasteiger partial charge on any atom is -0.505 e. The van der Waals surface area contributed by atoms with Gasteiger partial charge in [-0.1, -0.05) is 32.4 Å². The van der Waals surface area contributed by atoms with Crippen LogP contribution < -0.4 is 5.73 Å². The maximum atomic E-state index is 12.3. The Labute approximate surface area is 149 Å². The van der Waals surface area contributed by atoms with Crippen LogP contribution in [-0.4, -0.2) is 16.7 Å². The third-order valence-corrected chi connectivity index (χ3v) is 7.49. The van der Waals surface area contributed by atoms with Gasteiger partial charge in [0.2, 0.25) is 11.6 Å². The number of Topliss-reactive ketones (excluding diaryl/α,β-unsaturated/α-hetero) is 1. The lowest BCUT2D eigenvalue weighted by Crippen LogP contribution is -2.48. The summed E-state index contributed by atoms with van der Waals surface area (Å²) in [5.41, 5.74) is 7.51. The van der Waals surface area contributed by atoms with Crippen LogP contribution in [0.25, 0.3) is 0 Å².